The first-order valence-corrected chi connectivity index (χ1v) is 9.10. The molecule has 8 heteroatoms. The molecule has 6 nitrogen and oxygen atoms in total. The zero-order chi connectivity index (χ0) is 20.3. The molecule has 2 aromatic carbocycles. The summed E-state index contributed by atoms with van der Waals surface area (Å²) < 4.78 is 14.9. The summed E-state index contributed by atoms with van der Waals surface area (Å²) in [7, 11) is 1.70. The van der Waals surface area contributed by atoms with Gasteiger partial charge in [0.25, 0.3) is 11.8 Å². The summed E-state index contributed by atoms with van der Waals surface area (Å²) in [5.74, 6) is -1.38. The van der Waals surface area contributed by atoms with Crippen molar-refractivity contribution >= 4 is 40.1 Å². The maximum Gasteiger partial charge on any atom is 0.267 e. The Hall–Kier alpha value is -3.58. The number of hydrogen-bond acceptors (Lipinski definition) is 4. The fourth-order valence-electron chi connectivity index (χ4n) is 3.59. The van der Waals surface area contributed by atoms with Gasteiger partial charge < -0.3 is 0 Å². The van der Waals surface area contributed by atoms with Gasteiger partial charge in [0.05, 0.1) is 27.2 Å². The summed E-state index contributed by atoms with van der Waals surface area (Å²) in [5.41, 5.74) is 2.22. The maximum absolute atomic E-state index is 13.4. The van der Waals surface area contributed by atoms with Crippen molar-refractivity contribution in [1.82, 2.24) is 14.8 Å². The van der Waals surface area contributed by atoms with E-state index in [2.05, 4.69) is 10.1 Å². The first-order valence-electron chi connectivity index (χ1n) is 8.72. The molecule has 1 aliphatic rings. The lowest BCUT2D eigenvalue weighted by atomic mass is 10.0. The van der Waals surface area contributed by atoms with Gasteiger partial charge in [-0.25, -0.2) is 19.0 Å². The lowest BCUT2D eigenvalue weighted by Crippen LogP contribution is -2.29. The highest BCUT2D eigenvalue weighted by Crippen LogP contribution is 2.38. The SMILES string of the molecule is Cn1nc(-c2ccc(F)cc2)c2c3c(cnc21)C(=O)N(c1ccccc1Cl)C3=O. The van der Waals surface area contributed by atoms with Gasteiger partial charge in [-0.2, -0.15) is 5.10 Å². The molecule has 1 aliphatic heterocycles. The van der Waals surface area contributed by atoms with Crippen LogP contribution in [0.15, 0.2) is 54.7 Å². The maximum atomic E-state index is 13.4. The number of hydrogen-bond donors (Lipinski definition) is 0. The number of nitrogens with zero attached hydrogens (tertiary/aromatic N) is 4. The number of carbonyl (C=O) groups excluding carboxylic acids is 2. The van der Waals surface area contributed by atoms with Crippen molar-refractivity contribution in [3.05, 3.63) is 76.7 Å². The van der Waals surface area contributed by atoms with Crippen LogP contribution in [0.4, 0.5) is 10.1 Å². The molecule has 0 bridgehead atoms. The number of fused-ring (bicyclic) bond motifs is 3. The number of para-hydroxylation sites is 1. The predicted molar refractivity (Wildman–Crippen MR) is 106 cm³/mol. The molecule has 0 saturated carbocycles. The topological polar surface area (TPSA) is 68.1 Å². The molecule has 0 spiro atoms. The second-order valence-electron chi connectivity index (χ2n) is 6.62. The van der Waals surface area contributed by atoms with Gasteiger partial charge in [0.1, 0.15) is 11.5 Å². The van der Waals surface area contributed by atoms with Gasteiger partial charge in [0.2, 0.25) is 0 Å². The van der Waals surface area contributed by atoms with Crippen LogP contribution in [0.3, 0.4) is 0 Å². The second kappa shape index (κ2) is 6.22. The van der Waals surface area contributed by atoms with Crippen LogP contribution in [-0.2, 0) is 7.05 Å². The number of imide groups is 1. The highest BCUT2D eigenvalue weighted by atomic mass is 35.5. The molecular formula is C21H12ClFN4O2. The number of anilines is 1. The molecule has 0 N–H and O–H groups in total. The van der Waals surface area contributed by atoms with E-state index in [4.69, 9.17) is 11.6 Å². The minimum atomic E-state index is -0.499. The minimum Gasteiger partial charge on any atom is -0.268 e. The molecule has 142 valence electrons. The van der Waals surface area contributed by atoms with Crippen LogP contribution in [-0.4, -0.2) is 26.6 Å². The van der Waals surface area contributed by atoms with E-state index in [0.717, 1.165) is 4.90 Å². The molecule has 0 saturated heterocycles. The van der Waals surface area contributed by atoms with E-state index < -0.39 is 11.8 Å². The van der Waals surface area contributed by atoms with Crippen LogP contribution in [0.25, 0.3) is 22.3 Å². The first kappa shape index (κ1) is 17.5. The number of carbonyl (C=O) groups is 2. The van der Waals surface area contributed by atoms with E-state index in [1.807, 2.05) is 0 Å². The van der Waals surface area contributed by atoms with E-state index in [1.165, 1.54) is 23.0 Å². The number of aromatic nitrogens is 3. The van der Waals surface area contributed by atoms with Crippen LogP contribution < -0.4 is 4.90 Å². The number of rotatable bonds is 2. The Labute approximate surface area is 169 Å². The smallest absolute Gasteiger partial charge is 0.267 e. The van der Waals surface area contributed by atoms with Crippen molar-refractivity contribution in [2.24, 2.45) is 7.05 Å². The average Bonchev–Trinajstić information content (AvgIpc) is 3.18. The van der Waals surface area contributed by atoms with Gasteiger partial charge in [-0.15, -0.1) is 0 Å². The van der Waals surface area contributed by atoms with Crippen molar-refractivity contribution < 1.29 is 14.0 Å². The van der Waals surface area contributed by atoms with Crippen molar-refractivity contribution in [3.63, 3.8) is 0 Å². The largest absolute Gasteiger partial charge is 0.268 e. The van der Waals surface area contributed by atoms with Gasteiger partial charge in [0, 0.05) is 18.8 Å². The molecule has 0 unspecified atom stereocenters. The Balaban J connectivity index is 1.78. The minimum absolute atomic E-state index is 0.179. The van der Waals surface area contributed by atoms with Crippen LogP contribution in [0, 0.1) is 5.82 Å². The number of aryl methyl sites for hydroxylation is 1. The second-order valence-corrected chi connectivity index (χ2v) is 7.03. The molecule has 2 aromatic heterocycles. The lowest BCUT2D eigenvalue weighted by Gasteiger charge is -2.15. The molecule has 2 amide bonds. The summed E-state index contributed by atoms with van der Waals surface area (Å²) in [4.78, 5) is 31.8. The fraction of sp³-hybridized carbons (Fsp3) is 0.0476. The summed E-state index contributed by atoms with van der Waals surface area (Å²) in [6.45, 7) is 0. The fourth-order valence-corrected chi connectivity index (χ4v) is 3.81. The molecule has 0 atom stereocenters. The highest BCUT2D eigenvalue weighted by Gasteiger charge is 2.40. The van der Waals surface area contributed by atoms with Gasteiger partial charge in [-0.05, 0) is 36.4 Å². The standard InChI is InChI=1S/C21H12ClFN4O2/c1-26-19-17(18(25-26)11-6-8-12(23)9-7-11)16-13(10-24-19)20(28)27(21(16)29)15-5-3-2-4-14(15)22/h2-10H,1H3. The third kappa shape index (κ3) is 2.48. The highest BCUT2D eigenvalue weighted by molar-refractivity contribution is 6.41. The third-order valence-electron chi connectivity index (χ3n) is 4.91. The Morgan fingerprint density at radius 3 is 2.45 bits per heavy atom. The average molecular weight is 407 g/mol. The quantitative estimate of drug-likeness (QED) is 0.467. The van der Waals surface area contributed by atoms with Crippen LogP contribution in [0.2, 0.25) is 5.02 Å². The van der Waals surface area contributed by atoms with Crippen LogP contribution in [0.1, 0.15) is 20.7 Å². The summed E-state index contributed by atoms with van der Waals surface area (Å²) in [6.07, 6.45) is 1.38. The van der Waals surface area contributed by atoms with E-state index in [-0.39, 0.29) is 22.0 Å². The molecule has 29 heavy (non-hydrogen) atoms. The summed E-state index contributed by atoms with van der Waals surface area (Å²) in [5, 5.41) is 5.20. The zero-order valence-corrected chi connectivity index (χ0v) is 15.8. The van der Waals surface area contributed by atoms with Gasteiger partial charge in [-0.1, -0.05) is 23.7 Å². The summed E-state index contributed by atoms with van der Waals surface area (Å²) in [6, 6.07) is 12.4. The molecule has 5 rings (SSSR count). The van der Waals surface area contributed by atoms with Crippen molar-refractivity contribution in [2.75, 3.05) is 4.90 Å². The normalized spacial score (nSPS) is 13.4. The van der Waals surface area contributed by atoms with Crippen molar-refractivity contribution in [2.45, 2.75) is 0 Å². The Kier molecular flexibility index (Phi) is 3.75. The molecule has 3 heterocycles. The Morgan fingerprint density at radius 1 is 1.00 bits per heavy atom. The molecular weight excluding hydrogens is 395 g/mol. The van der Waals surface area contributed by atoms with E-state index >= 15 is 0 Å². The number of benzene rings is 2. The van der Waals surface area contributed by atoms with Crippen LogP contribution >= 0.6 is 11.6 Å². The third-order valence-corrected chi connectivity index (χ3v) is 5.23. The number of amides is 2. The summed E-state index contributed by atoms with van der Waals surface area (Å²) >= 11 is 6.23. The van der Waals surface area contributed by atoms with Crippen molar-refractivity contribution in [3.8, 4) is 11.3 Å². The lowest BCUT2D eigenvalue weighted by molar-refractivity contribution is 0.0926. The van der Waals surface area contributed by atoms with Crippen LogP contribution in [0.5, 0.6) is 0 Å². The monoisotopic (exact) mass is 406 g/mol. The predicted octanol–water partition coefficient (Wildman–Crippen LogP) is 4.23. The molecule has 0 aliphatic carbocycles. The molecule has 4 aromatic rings. The Bertz CT molecular complexity index is 1330. The number of halogens is 2. The molecule has 0 fully saturated rings. The van der Waals surface area contributed by atoms with Crippen molar-refractivity contribution in [1.29, 1.82) is 0 Å². The van der Waals surface area contributed by atoms with E-state index in [0.29, 0.717) is 28.0 Å². The molecule has 0 radical (unpaired) electrons. The first-order chi connectivity index (χ1) is 14.0. The van der Waals surface area contributed by atoms with Gasteiger partial charge in [0.15, 0.2) is 5.65 Å². The zero-order valence-electron chi connectivity index (χ0n) is 15.1. The van der Waals surface area contributed by atoms with Gasteiger partial charge >= 0.3 is 0 Å². The van der Waals surface area contributed by atoms with Gasteiger partial charge in [-0.3, -0.25) is 9.59 Å². The van der Waals surface area contributed by atoms with E-state index in [1.54, 1.807) is 43.4 Å². The Morgan fingerprint density at radius 2 is 1.72 bits per heavy atom. The number of pyridine rings is 1. The van der Waals surface area contributed by atoms with E-state index in [9.17, 15) is 14.0 Å².